The van der Waals surface area contributed by atoms with Crippen LogP contribution in [-0.4, -0.2) is 25.6 Å². The first-order valence-corrected chi connectivity index (χ1v) is 11.2. The Balaban J connectivity index is 1.47. The molecule has 3 heterocycles. The van der Waals surface area contributed by atoms with Crippen LogP contribution in [0.2, 0.25) is 10.0 Å². The van der Waals surface area contributed by atoms with Gasteiger partial charge >= 0.3 is 0 Å². The van der Waals surface area contributed by atoms with Crippen LogP contribution < -0.4 is 5.32 Å². The number of nitrogens with one attached hydrogen (secondary N) is 1. The largest absolute Gasteiger partial charge is 0.327 e. The summed E-state index contributed by atoms with van der Waals surface area (Å²) in [6.07, 6.45) is 5.35. The summed E-state index contributed by atoms with van der Waals surface area (Å²) in [6.45, 7) is 0. The topological polar surface area (TPSA) is 72.2 Å². The van der Waals surface area contributed by atoms with Crippen molar-refractivity contribution in [3.63, 3.8) is 0 Å². The second kappa shape index (κ2) is 8.43. The van der Waals surface area contributed by atoms with Gasteiger partial charge in [-0.15, -0.1) is 0 Å². The van der Waals surface area contributed by atoms with Crippen LogP contribution in [0.4, 0.5) is 5.69 Å². The number of rotatable bonds is 3. The van der Waals surface area contributed by atoms with Crippen LogP contribution in [0.1, 0.15) is 5.56 Å². The summed E-state index contributed by atoms with van der Waals surface area (Å²) in [5.74, 6) is 0.606. The normalized spacial score (nSPS) is 16.3. The van der Waals surface area contributed by atoms with Gasteiger partial charge in [0.25, 0.3) is 5.91 Å². The number of carbonyl (C=O) groups is 1. The molecular weight excluding hydrogens is 465 g/mol. The van der Waals surface area contributed by atoms with Crippen LogP contribution in [0.25, 0.3) is 28.5 Å². The molecule has 4 aromatic rings. The molecule has 6 nitrogen and oxygen atoms in total. The molecule has 9 heteroatoms. The first-order valence-electron chi connectivity index (χ1n) is 9.60. The van der Waals surface area contributed by atoms with Gasteiger partial charge in [0.2, 0.25) is 0 Å². The third kappa shape index (κ3) is 3.90. The van der Waals surface area contributed by atoms with E-state index in [0.717, 1.165) is 28.0 Å². The number of imidazole rings is 1. The Morgan fingerprint density at radius 3 is 2.69 bits per heavy atom. The summed E-state index contributed by atoms with van der Waals surface area (Å²) in [7, 11) is 1.96. The summed E-state index contributed by atoms with van der Waals surface area (Å²) >= 11 is 13.6. The predicted octanol–water partition coefficient (Wildman–Crippen LogP) is 5.83. The maximum absolute atomic E-state index is 12.5. The molecule has 0 saturated carbocycles. The molecule has 5 rings (SSSR count). The molecule has 158 valence electrons. The van der Waals surface area contributed by atoms with Gasteiger partial charge in [0.05, 0.1) is 26.0 Å². The molecular formula is C23H15Cl2N5OS. The maximum atomic E-state index is 12.5. The second-order valence-corrected chi connectivity index (χ2v) is 8.88. The van der Waals surface area contributed by atoms with E-state index in [1.165, 1.54) is 11.8 Å². The number of aromatic nitrogens is 3. The fraction of sp³-hybridized carbons (Fsp3) is 0.0435. The first-order chi connectivity index (χ1) is 15.5. The van der Waals surface area contributed by atoms with Gasteiger partial charge in [0.1, 0.15) is 11.5 Å². The van der Waals surface area contributed by atoms with E-state index in [2.05, 4.69) is 15.3 Å². The van der Waals surface area contributed by atoms with Crippen molar-refractivity contribution in [3.05, 3.63) is 81.4 Å². The monoisotopic (exact) mass is 479 g/mol. The number of fused-ring (bicyclic) bond motifs is 1. The molecule has 1 amide bonds. The molecule has 0 spiro atoms. The van der Waals surface area contributed by atoms with E-state index >= 15 is 0 Å². The minimum atomic E-state index is -0.224. The summed E-state index contributed by atoms with van der Waals surface area (Å²) < 4.78 is 2.02. The van der Waals surface area contributed by atoms with Crippen LogP contribution >= 0.6 is 35.0 Å². The lowest BCUT2D eigenvalue weighted by Gasteiger charge is -2.02. The lowest BCUT2D eigenvalue weighted by Crippen LogP contribution is -2.19. The second-order valence-electron chi connectivity index (χ2n) is 7.04. The summed E-state index contributed by atoms with van der Waals surface area (Å²) in [6, 6.07) is 14.9. The van der Waals surface area contributed by atoms with Crippen LogP contribution in [0, 0.1) is 0 Å². The van der Waals surface area contributed by atoms with E-state index in [-0.39, 0.29) is 5.91 Å². The fourth-order valence-electron chi connectivity index (χ4n) is 3.38. The predicted molar refractivity (Wildman–Crippen MR) is 131 cm³/mol. The third-order valence-corrected chi connectivity index (χ3v) is 6.44. The van der Waals surface area contributed by atoms with Crippen molar-refractivity contribution in [2.45, 2.75) is 0 Å². The number of hydrogen-bond donors (Lipinski definition) is 1. The van der Waals surface area contributed by atoms with E-state index in [1.54, 1.807) is 30.6 Å². The molecule has 0 aliphatic carbocycles. The fourth-order valence-corrected chi connectivity index (χ4v) is 4.69. The molecule has 2 aromatic carbocycles. The molecule has 1 aliphatic heterocycles. The highest BCUT2D eigenvalue weighted by molar-refractivity contribution is 8.18. The standard InChI is InChI=1S/C23H15Cl2N5OS/c1-30-18-10-13(7-8-17(18)27-21(30)14-4-3-9-26-12-14)11-19-22(31)29-23(32-19)28-20-15(24)5-2-6-16(20)25/h2-12H,1H3,(H,28,29,31). The molecule has 0 atom stereocenters. The first kappa shape index (κ1) is 20.8. The van der Waals surface area contributed by atoms with Crippen molar-refractivity contribution in [3.8, 4) is 11.4 Å². The Morgan fingerprint density at radius 2 is 1.94 bits per heavy atom. The number of carbonyl (C=O) groups excluding carboxylic acids is 1. The lowest BCUT2D eigenvalue weighted by molar-refractivity contribution is -0.115. The molecule has 0 radical (unpaired) electrons. The van der Waals surface area contributed by atoms with E-state index < -0.39 is 0 Å². The zero-order valence-corrected chi connectivity index (χ0v) is 19.0. The lowest BCUT2D eigenvalue weighted by atomic mass is 10.2. The number of aryl methyl sites for hydroxylation is 1. The van der Waals surface area contributed by atoms with Crippen LogP contribution in [0.15, 0.2) is 70.8 Å². The quantitative estimate of drug-likeness (QED) is 0.375. The highest BCUT2D eigenvalue weighted by atomic mass is 35.5. The number of pyridine rings is 1. The van der Waals surface area contributed by atoms with E-state index in [9.17, 15) is 4.79 Å². The molecule has 1 fully saturated rings. The number of nitrogens with zero attached hydrogens (tertiary/aromatic N) is 4. The number of para-hydroxylation sites is 1. The van der Waals surface area contributed by atoms with Crippen molar-refractivity contribution in [1.29, 1.82) is 0 Å². The molecule has 1 saturated heterocycles. The zero-order valence-electron chi connectivity index (χ0n) is 16.7. The Hall–Kier alpha value is -3.13. The Kier molecular flexibility index (Phi) is 5.46. The van der Waals surface area contributed by atoms with E-state index in [1.807, 2.05) is 48.0 Å². The van der Waals surface area contributed by atoms with Crippen molar-refractivity contribution in [1.82, 2.24) is 19.9 Å². The Morgan fingerprint density at radius 1 is 1.12 bits per heavy atom. The van der Waals surface area contributed by atoms with Gasteiger partial charge in [-0.1, -0.05) is 35.3 Å². The molecule has 32 heavy (non-hydrogen) atoms. The SMILES string of the molecule is Cn1c(-c2cccnc2)nc2ccc(C=C3SC(=Nc4c(Cl)cccc4Cl)NC3=O)cc21. The number of thioether (sulfide) groups is 1. The summed E-state index contributed by atoms with van der Waals surface area (Å²) in [5.41, 5.74) is 4.08. The van der Waals surface area contributed by atoms with Gasteiger partial charge < -0.3 is 9.88 Å². The third-order valence-electron chi connectivity index (χ3n) is 4.92. The van der Waals surface area contributed by atoms with Crippen molar-refractivity contribution < 1.29 is 4.79 Å². The van der Waals surface area contributed by atoms with Crippen LogP contribution in [0.3, 0.4) is 0 Å². The van der Waals surface area contributed by atoms with E-state index in [4.69, 9.17) is 28.2 Å². The minimum Gasteiger partial charge on any atom is -0.327 e. The van der Waals surface area contributed by atoms with Gasteiger partial charge in [-0.05, 0) is 59.8 Å². The molecule has 1 aliphatic rings. The Bertz CT molecular complexity index is 1410. The van der Waals surface area contributed by atoms with Gasteiger partial charge in [0.15, 0.2) is 5.17 Å². The van der Waals surface area contributed by atoms with Gasteiger partial charge in [0, 0.05) is 25.0 Å². The van der Waals surface area contributed by atoms with Crippen molar-refractivity contribution in [2.24, 2.45) is 12.0 Å². The maximum Gasteiger partial charge on any atom is 0.264 e. The van der Waals surface area contributed by atoms with Crippen molar-refractivity contribution in [2.75, 3.05) is 0 Å². The van der Waals surface area contributed by atoms with Gasteiger partial charge in [-0.3, -0.25) is 9.78 Å². The number of halogens is 2. The van der Waals surface area contributed by atoms with Crippen molar-refractivity contribution >= 4 is 68.8 Å². The minimum absolute atomic E-state index is 0.224. The number of amides is 1. The smallest absolute Gasteiger partial charge is 0.264 e. The average molecular weight is 480 g/mol. The highest BCUT2D eigenvalue weighted by Crippen LogP contribution is 2.36. The highest BCUT2D eigenvalue weighted by Gasteiger charge is 2.24. The average Bonchev–Trinajstić information content (AvgIpc) is 3.31. The zero-order chi connectivity index (χ0) is 22.2. The van der Waals surface area contributed by atoms with Gasteiger partial charge in [-0.2, -0.15) is 0 Å². The number of benzene rings is 2. The van der Waals surface area contributed by atoms with Gasteiger partial charge in [-0.25, -0.2) is 9.98 Å². The van der Waals surface area contributed by atoms with Crippen LogP contribution in [-0.2, 0) is 11.8 Å². The molecule has 0 bridgehead atoms. The number of hydrogen-bond acceptors (Lipinski definition) is 5. The summed E-state index contributed by atoms with van der Waals surface area (Å²) in [5, 5.41) is 4.03. The summed E-state index contributed by atoms with van der Waals surface area (Å²) in [4.78, 5) is 26.3. The molecule has 1 N–H and O–H groups in total. The van der Waals surface area contributed by atoms with E-state index in [0.29, 0.717) is 25.8 Å². The number of amidine groups is 1. The number of aliphatic imine (C=N–C) groups is 1. The Labute approximate surface area is 198 Å². The van der Waals surface area contributed by atoms with Crippen LogP contribution in [0.5, 0.6) is 0 Å². The molecule has 2 aromatic heterocycles. The molecule has 0 unspecified atom stereocenters.